The number of rotatable bonds is 4. The fourth-order valence-corrected chi connectivity index (χ4v) is 0.579. The summed E-state index contributed by atoms with van der Waals surface area (Å²) in [6, 6.07) is -0.510. The predicted octanol–water partition coefficient (Wildman–Crippen LogP) is 0.0797. The Bertz CT molecular complexity index is 106. The van der Waals surface area contributed by atoms with Crippen molar-refractivity contribution in [2.45, 2.75) is 19.9 Å². The second-order valence-corrected chi connectivity index (χ2v) is 2.07. The zero-order valence-electron chi connectivity index (χ0n) is 6.39. The van der Waals surface area contributed by atoms with Crippen LogP contribution in [0, 0.1) is 0 Å². The molecule has 1 unspecified atom stereocenters. The van der Waals surface area contributed by atoms with Crippen LogP contribution in [0.5, 0.6) is 0 Å². The van der Waals surface area contributed by atoms with E-state index < -0.39 is 6.03 Å². The maximum absolute atomic E-state index is 10.2. The second kappa shape index (κ2) is 5.05. The maximum atomic E-state index is 10.2. The first-order valence-electron chi connectivity index (χ1n) is 3.30. The summed E-state index contributed by atoms with van der Waals surface area (Å²) in [6.07, 6.45) is 0. The molecule has 4 heteroatoms. The van der Waals surface area contributed by atoms with Crippen molar-refractivity contribution >= 4 is 6.03 Å². The second-order valence-electron chi connectivity index (χ2n) is 2.07. The van der Waals surface area contributed by atoms with E-state index in [4.69, 9.17) is 10.5 Å². The molecule has 0 heterocycles. The third-order valence-corrected chi connectivity index (χ3v) is 0.961. The van der Waals surface area contributed by atoms with Gasteiger partial charge in [0.25, 0.3) is 0 Å². The molecule has 0 aliphatic rings. The summed E-state index contributed by atoms with van der Waals surface area (Å²) in [6.45, 7) is 4.90. The zero-order chi connectivity index (χ0) is 7.98. The summed E-state index contributed by atoms with van der Waals surface area (Å²) in [7, 11) is 0. The molecule has 0 bridgehead atoms. The van der Waals surface area contributed by atoms with E-state index in [1.807, 2.05) is 13.8 Å². The summed E-state index contributed by atoms with van der Waals surface area (Å²) in [5, 5.41) is 2.49. The Morgan fingerprint density at radius 1 is 1.80 bits per heavy atom. The summed E-state index contributed by atoms with van der Waals surface area (Å²) >= 11 is 0. The summed E-state index contributed by atoms with van der Waals surface area (Å²) in [5.74, 6) is 0. The molecule has 0 aliphatic heterocycles. The van der Waals surface area contributed by atoms with Crippen LogP contribution >= 0.6 is 0 Å². The monoisotopic (exact) mass is 146 g/mol. The normalized spacial score (nSPS) is 12.6. The molecule has 0 rings (SSSR count). The number of nitrogens with one attached hydrogen (secondary N) is 1. The van der Waals surface area contributed by atoms with Gasteiger partial charge in [0.15, 0.2) is 0 Å². The van der Waals surface area contributed by atoms with E-state index in [1.54, 1.807) is 0 Å². The van der Waals surface area contributed by atoms with Crippen molar-refractivity contribution in [3.8, 4) is 0 Å². The third-order valence-electron chi connectivity index (χ3n) is 0.961. The van der Waals surface area contributed by atoms with E-state index in [2.05, 4.69) is 5.32 Å². The molecule has 3 N–H and O–H groups in total. The standard InChI is InChI=1S/C6H14N2O2/c1-3-10-4-5(2)8-6(7)9/h5H,3-4H2,1-2H3,(H3,7,8,9). The highest BCUT2D eigenvalue weighted by molar-refractivity contribution is 5.71. The van der Waals surface area contributed by atoms with Gasteiger partial charge in [-0.15, -0.1) is 0 Å². The summed E-state index contributed by atoms with van der Waals surface area (Å²) in [4.78, 5) is 10.2. The van der Waals surface area contributed by atoms with E-state index in [0.29, 0.717) is 13.2 Å². The van der Waals surface area contributed by atoms with E-state index in [1.165, 1.54) is 0 Å². The molecular weight excluding hydrogens is 132 g/mol. The van der Waals surface area contributed by atoms with Crippen LogP contribution in [0.2, 0.25) is 0 Å². The molecular formula is C6H14N2O2. The Hall–Kier alpha value is -0.770. The van der Waals surface area contributed by atoms with Crippen molar-refractivity contribution < 1.29 is 9.53 Å². The Morgan fingerprint density at radius 3 is 2.80 bits per heavy atom. The lowest BCUT2D eigenvalue weighted by molar-refractivity contribution is 0.129. The number of hydrogen-bond acceptors (Lipinski definition) is 2. The SMILES string of the molecule is CCOCC(C)NC(N)=O. The molecule has 0 aromatic heterocycles. The first-order chi connectivity index (χ1) is 4.66. The van der Waals surface area contributed by atoms with Gasteiger partial charge in [0.1, 0.15) is 0 Å². The first kappa shape index (κ1) is 9.23. The minimum absolute atomic E-state index is 0.00236. The minimum atomic E-state index is -0.507. The average molecular weight is 146 g/mol. The molecule has 0 aromatic rings. The van der Waals surface area contributed by atoms with Crippen LogP contribution in [0.25, 0.3) is 0 Å². The lowest BCUT2D eigenvalue weighted by Gasteiger charge is -2.10. The van der Waals surface area contributed by atoms with Crippen molar-refractivity contribution in [3.05, 3.63) is 0 Å². The van der Waals surface area contributed by atoms with Crippen LogP contribution in [0.3, 0.4) is 0 Å². The maximum Gasteiger partial charge on any atom is 0.312 e. The molecule has 0 radical (unpaired) electrons. The minimum Gasteiger partial charge on any atom is -0.380 e. The number of primary amides is 1. The largest absolute Gasteiger partial charge is 0.380 e. The van der Waals surface area contributed by atoms with Crippen molar-refractivity contribution in [3.63, 3.8) is 0 Å². The highest BCUT2D eigenvalue weighted by Crippen LogP contribution is 1.82. The van der Waals surface area contributed by atoms with Crippen LogP contribution in [-0.4, -0.2) is 25.3 Å². The number of amides is 2. The molecule has 0 saturated heterocycles. The Morgan fingerprint density at radius 2 is 2.40 bits per heavy atom. The zero-order valence-corrected chi connectivity index (χ0v) is 6.39. The van der Waals surface area contributed by atoms with E-state index >= 15 is 0 Å². The molecule has 0 saturated carbocycles. The molecule has 0 spiro atoms. The van der Waals surface area contributed by atoms with Gasteiger partial charge >= 0.3 is 6.03 Å². The Balaban J connectivity index is 3.25. The molecule has 2 amide bonds. The fraction of sp³-hybridized carbons (Fsp3) is 0.833. The number of carbonyl (C=O) groups excluding carboxylic acids is 1. The number of urea groups is 1. The topological polar surface area (TPSA) is 64.3 Å². The molecule has 60 valence electrons. The van der Waals surface area contributed by atoms with Crippen LogP contribution < -0.4 is 11.1 Å². The third kappa shape index (κ3) is 5.37. The number of carbonyl (C=O) groups is 1. The van der Waals surface area contributed by atoms with Gasteiger partial charge in [0, 0.05) is 6.61 Å². The van der Waals surface area contributed by atoms with Crippen molar-refractivity contribution in [2.24, 2.45) is 5.73 Å². The van der Waals surface area contributed by atoms with E-state index in [9.17, 15) is 4.79 Å². The van der Waals surface area contributed by atoms with Gasteiger partial charge < -0.3 is 15.8 Å². The fourth-order valence-electron chi connectivity index (χ4n) is 0.579. The average Bonchev–Trinajstić information content (AvgIpc) is 1.82. The van der Waals surface area contributed by atoms with Crippen molar-refractivity contribution in [1.29, 1.82) is 0 Å². The van der Waals surface area contributed by atoms with Gasteiger partial charge in [-0.1, -0.05) is 0 Å². The lowest BCUT2D eigenvalue weighted by Crippen LogP contribution is -2.39. The smallest absolute Gasteiger partial charge is 0.312 e. The number of ether oxygens (including phenoxy) is 1. The Kier molecular flexibility index (Phi) is 4.66. The van der Waals surface area contributed by atoms with E-state index in [0.717, 1.165) is 0 Å². The summed E-state index contributed by atoms with van der Waals surface area (Å²) < 4.78 is 5.03. The molecule has 4 nitrogen and oxygen atoms in total. The van der Waals surface area contributed by atoms with Gasteiger partial charge in [0.2, 0.25) is 0 Å². The molecule has 10 heavy (non-hydrogen) atoms. The predicted molar refractivity (Wildman–Crippen MR) is 38.7 cm³/mol. The molecule has 0 aliphatic carbocycles. The lowest BCUT2D eigenvalue weighted by atomic mass is 10.4. The van der Waals surface area contributed by atoms with Crippen LogP contribution in [0.4, 0.5) is 4.79 Å². The van der Waals surface area contributed by atoms with Crippen LogP contribution in [0.1, 0.15) is 13.8 Å². The van der Waals surface area contributed by atoms with Crippen molar-refractivity contribution in [2.75, 3.05) is 13.2 Å². The van der Waals surface area contributed by atoms with Gasteiger partial charge in [-0.05, 0) is 13.8 Å². The van der Waals surface area contributed by atoms with Gasteiger partial charge in [-0.3, -0.25) is 0 Å². The van der Waals surface area contributed by atoms with E-state index in [-0.39, 0.29) is 6.04 Å². The van der Waals surface area contributed by atoms with Crippen LogP contribution in [0.15, 0.2) is 0 Å². The number of nitrogens with two attached hydrogens (primary N) is 1. The first-order valence-corrected chi connectivity index (χ1v) is 3.30. The van der Waals surface area contributed by atoms with Gasteiger partial charge in [-0.2, -0.15) is 0 Å². The quantitative estimate of drug-likeness (QED) is 0.590. The number of hydrogen-bond donors (Lipinski definition) is 2. The van der Waals surface area contributed by atoms with Crippen molar-refractivity contribution in [1.82, 2.24) is 5.32 Å². The molecule has 0 aromatic carbocycles. The molecule has 0 fully saturated rings. The van der Waals surface area contributed by atoms with Gasteiger partial charge in [0.05, 0.1) is 12.6 Å². The van der Waals surface area contributed by atoms with Gasteiger partial charge in [-0.25, -0.2) is 4.79 Å². The highest BCUT2D eigenvalue weighted by atomic mass is 16.5. The highest BCUT2D eigenvalue weighted by Gasteiger charge is 2.01. The van der Waals surface area contributed by atoms with Crippen LogP contribution in [-0.2, 0) is 4.74 Å². The molecule has 1 atom stereocenters. The Labute approximate surface area is 60.7 Å². The summed E-state index contributed by atoms with van der Waals surface area (Å²) in [5.41, 5.74) is 4.86.